The molecule has 0 saturated carbocycles. The van der Waals surface area contributed by atoms with Gasteiger partial charge in [0.1, 0.15) is 0 Å². The van der Waals surface area contributed by atoms with Crippen LogP contribution >= 0.6 is 0 Å². The highest BCUT2D eigenvalue weighted by Gasteiger charge is 2.29. The molecule has 3 aromatic carbocycles. The lowest BCUT2D eigenvalue weighted by Gasteiger charge is -2.35. The molecule has 0 aromatic heterocycles. The second-order valence-electron chi connectivity index (χ2n) is 10.5. The maximum Gasteiger partial charge on any atom is 0.338 e. The molecule has 1 amide bonds. The van der Waals surface area contributed by atoms with Crippen molar-refractivity contribution in [1.29, 1.82) is 0 Å². The lowest BCUT2D eigenvalue weighted by molar-refractivity contribution is -0.110. The number of carbonyl (C=O) groups excluding carboxylic acids is 2. The maximum atomic E-state index is 13.2. The van der Waals surface area contributed by atoms with Crippen LogP contribution in [0.1, 0.15) is 54.2 Å². The first-order valence-electron chi connectivity index (χ1n) is 13.4. The topological polar surface area (TPSA) is 70.7 Å². The monoisotopic (exact) mass is 509 g/mol. The summed E-state index contributed by atoms with van der Waals surface area (Å²) in [6, 6.07) is 23.5. The zero-order valence-corrected chi connectivity index (χ0v) is 22.3. The van der Waals surface area contributed by atoms with Crippen molar-refractivity contribution >= 4 is 34.5 Å². The molecule has 2 heterocycles. The summed E-state index contributed by atoms with van der Waals surface area (Å²) in [4.78, 5) is 28.0. The van der Waals surface area contributed by atoms with Crippen LogP contribution in [0, 0.1) is 11.8 Å². The van der Waals surface area contributed by atoms with Crippen LogP contribution in [0.3, 0.4) is 0 Å². The van der Waals surface area contributed by atoms with Crippen LogP contribution in [0.5, 0.6) is 0 Å². The van der Waals surface area contributed by atoms with E-state index in [-0.39, 0.29) is 5.91 Å². The molecule has 2 atom stereocenters. The second-order valence-corrected chi connectivity index (χ2v) is 10.5. The number of benzene rings is 3. The van der Waals surface area contributed by atoms with E-state index in [1.165, 1.54) is 12.0 Å². The number of esters is 1. The molecule has 2 aliphatic heterocycles. The number of anilines is 2. The van der Waals surface area contributed by atoms with Crippen molar-refractivity contribution in [3.05, 3.63) is 95.1 Å². The van der Waals surface area contributed by atoms with Crippen LogP contribution in [-0.2, 0) is 16.1 Å². The predicted molar refractivity (Wildman–Crippen MR) is 153 cm³/mol. The Hall–Kier alpha value is -3.90. The molecule has 196 valence electrons. The van der Waals surface area contributed by atoms with E-state index in [0.29, 0.717) is 23.4 Å². The second kappa shape index (κ2) is 11.2. The molecule has 0 radical (unpaired) electrons. The van der Waals surface area contributed by atoms with Crippen molar-refractivity contribution in [2.45, 2.75) is 33.7 Å². The van der Waals surface area contributed by atoms with Gasteiger partial charge in [0, 0.05) is 30.9 Å². The van der Waals surface area contributed by atoms with E-state index in [4.69, 9.17) is 4.74 Å². The van der Waals surface area contributed by atoms with Crippen LogP contribution in [-0.4, -0.2) is 36.5 Å². The molecular formula is C32H35N3O3. The molecule has 0 bridgehead atoms. The molecule has 2 aliphatic rings. The number of fused-ring (bicyclic) bond motifs is 1. The van der Waals surface area contributed by atoms with Gasteiger partial charge in [-0.3, -0.25) is 9.69 Å². The summed E-state index contributed by atoms with van der Waals surface area (Å²) in [6.07, 6.45) is 1.30. The summed E-state index contributed by atoms with van der Waals surface area (Å²) < 4.78 is 5.13. The number of hydrogen-bond acceptors (Lipinski definition) is 5. The molecule has 0 aliphatic carbocycles. The number of likely N-dealkylation sites (tertiary alicyclic amines) is 1. The zero-order valence-electron chi connectivity index (χ0n) is 22.3. The highest BCUT2D eigenvalue weighted by molar-refractivity contribution is 6.37. The SMILES string of the molecule is CCOC(=O)c1ccc2c(c1)NC(=O)C2=C(Nc1ccc(CN2CC(C)CC(C)C2)cc1)c1ccccc1. The summed E-state index contributed by atoms with van der Waals surface area (Å²) in [5, 5.41) is 6.46. The van der Waals surface area contributed by atoms with Gasteiger partial charge in [0.25, 0.3) is 5.91 Å². The van der Waals surface area contributed by atoms with Gasteiger partial charge >= 0.3 is 5.97 Å². The number of nitrogens with one attached hydrogen (secondary N) is 2. The van der Waals surface area contributed by atoms with Crippen molar-refractivity contribution in [1.82, 2.24) is 4.90 Å². The fourth-order valence-corrected chi connectivity index (χ4v) is 5.66. The largest absolute Gasteiger partial charge is 0.462 e. The average Bonchev–Trinajstić information content (AvgIpc) is 3.23. The van der Waals surface area contributed by atoms with Gasteiger partial charge in [-0.15, -0.1) is 0 Å². The van der Waals surface area contributed by atoms with Crippen LogP contribution in [0.2, 0.25) is 0 Å². The summed E-state index contributed by atoms with van der Waals surface area (Å²) in [5.41, 5.74) is 6.12. The number of rotatable bonds is 7. The van der Waals surface area contributed by atoms with Crippen LogP contribution in [0.4, 0.5) is 11.4 Å². The molecule has 2 unspecified atom stereocenters. The number of amides is 1. The quantitative estimate of drug-likeness (QED) is 0.290. The summed E-state index contributed by atoms with van der Waals surface area (Å²) in [5.74, 6) is 0.844. The Morgan fingerprint density at radius 1 is 0.974 bits per heavy atom. The number of carbonyl (C=O) groups is 2. The van der Waals surface area contributed by atoms with Crippen molar-refractivity contribution in [2.75, 3.05) is 30.3 Å². The summed E-state index contributed by atoms with van der Waals surface area (Å²) in [7, 11) is 0. The lowest BCUT2D eigenvalue weighted by Crippen LogP contribution is -2.38. The van der Waals surface area contributed by atoms with Gasteiger partial charge in [0.15, 0.2) is 0 Å². The lowest BCUT2D eigenvalue weighted by atomic mass is 9.91. The maximum absolute atomic E-state index is 13.2. The summed E-state index contributed by atoms with van der Waals surface area (Å²) in [6.45, 7) is 9.96. The minimum Gasteiger partial charge on any atom is -0.462 e. The van der Waals surface area contributed by atoms with Gasteiger partial charge in [-0.05, 0) is 60.6 Å². The highest BCUT2D eigenvalue weighted by atomic mass is 16.5. The van der Waals surface area contributed by atoms with Gasteiger partial charge in [-0.1, -0.05) is 62.4 Å². The van der Waals surface area contributed by atoms with E-state index in [2.05, 4.69) is 53.6 Å². The van der Waals surface area contributed by atoms with E-state index in [0.717, 1.165) is 54.0 Å². The Morgan fingerprint density at radius 2 is 1.68 bits per heavy atom. The number of piperidine rings is 1. The van der Waals surface area contributed by atoms with E-state index >= 15 is 0 Å². The molecule has 0 spiro atoms. The molecule has 6 heteroatoms. The third kappa shape index (κ3) is 5.65. The molecule has 2 N–H and O–H groups in total. The van der Waals surface area contributed by atoms with Crippen molar-refractivity contribution < 1.29 is 14.3 Å². The highest BCUT2D eigenvalue weighted by Crippen LogP contribution is 2.38. The third-order valence-corrected chi connectivity index (χ3v) is 7.16. The molecule has 38 heavy (non-hydrogen) atoms. The summed E-state index contributed by atoms with van der Waals surface area (Å²) >= 11 is 0. The number of nitrogens with zero attached hydrogens (tertiary/aromatic N) is 1. The third-order valence-electron chi connectivity index (χ3n) is 7.16. The minimum atomic E-state index is -0.406. The molecule has 5 rings (SSSR count). The first kappa shape index (κ1) is 25.7. The predicted octanol–water partition coefficient (Wildman–Crippen LogP) is 6.27. The fourth-order valence-electron chi connectivity index (χ4n) is 5.66. The van der Waals surface area contributed by atoms with Gasteiger partial charge in [-0.2, -0.15) is 0 Å². The van der Waals surface area contributed by atoms with Crippen molar-refractivity contribution in [3.8, 4) is 0 Å². The van der Waals surface area contributed by atoms with Gasteiger partial charge in [-0.25, -0.2) is 4.79 Å². The van der Waals surface area contributed by atoms with Crippen LogP contribution in [0.15, 0.2) is 72.8 Å². The number of hydrogen-bond donors (Lipinski definition) is 2. The molecule has 1 fully saturated rings. The average molecular weight is 510 g/mol. The van der Waals surface area contributed by atoms with Crippen LogP contribution in [0.25, 0.3) is 11.3 Å². The molecule has 1 saturated heterocycles. The standard InChI is InChI=1S/C32H35N3O3/c1-4-38-32(37)25-12-15-27-28(17-25)34-31(36)29(27)30(24-8-6-5-7-9-24)33-26-13-10-23(11-14-26)20-35-18-21(2)16-22(3)19-35/h5-15,17,21-22,33H,4,16,18-20H2,1-3H3,(H,34,36). The molecule has 3 aromatic rings. The van der Waals surface area contributed by atoms with Gasteiger partial charge < -0.3 is 15.4 Å². The van der Waals surface area contributed by atoms with Crippen molar-refractivity contribution in [2.24, 2.45) is 11.8 Å². The fraction of sp³-hybridized carbons (Fsp3) is 0.312. The van der Waals surface area contributed by atoms with Gasteiger partial charge in [0.05, 0.1) is 29.1 Å². The smallest absolute Gasteiger partial charge is 0.338 e. The van der Waals surface area contributed by atoms with E-state index < -0.39 is 5.97 Å². The van der Waals surface area contributed by atoms with E-state index in [1.807, 2.05) is 36.4 Å². The normalized spacial score (nSPS) is 20.4. The Morgan fingerprint density at radius 3 is 2.37 bits per heavy atom. The Bertz CT molecular complexity index is 1340. The Kier molecular flexibility index (Phi) is 7.61. The minimum absolute atomic E-state index is 0.211. The number of ether oxygens (including phenoxy) is 1. The van der Waals surface area contributed by atoms with Crippen molar-refractivity contribution in [3.63, 3.8) is 0 Å². The zero-order chi connectivity index (χ0) is 26.6. The van der Waals surface area contributed by atoms with E-state index in [9.17, 15) is 9.59 Å². The Labute approximate surface area is 224 Å². The molecule has 6 nitrogen and oxygen atoms in total. The Balaban J connectivity index is 1.44. The molecular weight excluding hydrogens is 474 g/mol. The first-order valence-corrected chi connectivity index (χ1v) is 13.4. The van der Waals surface area contributed by atoms with Gasteiger partial charge in [0.2, 0.25) is 0 Å². The van der Waals surface area contributed by atoms with Crippen LogP contribution < -0.4 is 10.6 Å². The van der Waals surface area contributed by atoms with E-state index in [1.54, 1.807) is 19.1 Å². The first-order chi connectivity index (χ1) is 18.4.